The van der Waals surface area contributed by atoms with Gasteiger partial charge >= 0.3 is 0 Å². The van der Waals surface area contributed by atoms with Crippen molar-refractivity contribution in [1.29, 1.82) is 0 Å². The number of pyridine rings is 1. The maximum absolute atomic E-state index is 2.17. The molecule has 0 unspecified atom stereocenters. The largest absolute Gasteiger partial charge is 0.378 e. The first kappa shape index (κ1) is 15.0. The third-order valence-electron chi connectivity index (χ3n) is 3.34. The number of nitrogens with zero attached hydrogens (tertiary/aromatic N) is 2. The molecule has 0 amide bonds. The molecule has 2 aromatic rings. The molecule has 1 aromatic heterocycles. The van der Waals surface area contributed by atoms with Crippen LogP contribution in [0.15, 0.2) is 60.9 Å². The lowest BCUT2D eigenvalue weighted by atomic mass is 10.2. The molecular weight excluding hydrogens is 256 g/mol. The standard InChI is InChI=1S/C19H23N2/c1-4-21-15-7-10-18(16-21)9-6-5-8-17-11-13-19(14-12-17)20(2)3/h5-16H,4H2,1-3H3/q+1. The van der Waals surface area contributed by atoms with Crippen LogP contribution in [0.25, 0.3) is 12.2 Å². The first-order valence-electron chi connectivity index (χ1n) is 7.30. The minimum Gasteiger partial charge on any atom is -0.378 e. The molecule has 0 bridgehead atoms. The molecule has 2 heteroatoms. The number of rotatable bonds is 5. The third kappa shape index (κ3) is 4.60. The number of anilines is 1. The Hall–Kier alpha value is -2.35. The van der Waals surface area contributed by atoms with Gasteiger partial charge in [-0.25, -0.2) is 4.57 Å². The predicted octanol–water partition coefficient (Wildman–Crippen LogP) is 3.79. The van der Waals surface area contributed by atoms with Gasteiger partial charge in [0, 0.05) is 31.4 Å². The van der Waals surface area contributed by atoms with Crippen LogP contribution in [-0.2, 0) is 6.54 Å². The van der Waals surface area contributed by atoms with Gasteiger partial charge in [-0.1, -0.05) is 30.4 Å². The van der Waals surface area contributed by atoms with E-state index < -0.39 is 0 Å². The Bertz CT molecular complexity index is 622. The van der Waals surface area contributed by atoms with Crippen LogP contribution in [0.4, 0.5) is 5.69 Å². The minimum absolute atomic E-state index is 0.996. The van der Waals surface area contributed by atoms with Crippen molar-refractivity contribution in [1.82, 2.24) is 0 Å². The van der Waals surface area contributed by atoms with E-state index in [9.17, 15) is 0 Å². The van der Waals surface area contributed by atoms with Crippen LogP contribution in [0.3, 0.4) is 0 Å². The molecule has 108 valence electrons. The van der Waals surface area contributed by atoms with Gasteiger partial charge in [-0.2, -0.15) is 0 Å². The number of hydrogen-bond acceptors (Lipinski definition) is 1. The molecule has 0 fully saturated rings. The van der Waals surface area contributed by atoms with Crippen molar-refractivity contribution < 1.29 is 4.57 Å². The molecule has 0 atom stereocenters. The monoisotopic (exact) mass is 279 g/mol. The van der Waals surface area contributed by atoms with E-state index in [-0.39, 0.29) is 0 Å². The van der Waals surface area contributed by atoms with E-state index in [1.807, 2.05) is 0 Å². The first-order chi connectivity index (χ1) is 10.2. The SMILES string of the molecule is CC[n+]1cccc(C=CC=Cc2ccc(N(C)C)cc2)c1. The summed E-state index contributed by atoms with van der Waals surface area (Å²) in [5.74, 6) is 0. The van der Waals surface area contributed by atoms with E-state index in [1.165, 1.54) is 16.8 Å². The van der Waals surface area contributed by atoms with Crippen molar-refractivity contribution in [3.05, 3.63) is 72.1 Å². The lowest BCUT2D eigenvalue weighted by Gasteiger charge is -2.11. The Morgan fingerprint density at radius 1 is 0.952 bits per heavy atom. The maximum atomic E-state index is 2.17. The van der Waals surface area contributed by atoms with Gasteiger partial charge in [0.1, 0.15) is 6.54 Å². The quantitative estimate of drug-likeness (QED) is 0.596. The van der Waals surface area contributed by atoms with Crippen LogP contribution in [-0.4, -0.2) is 14.1 Å². The van der Waals surface area contributed by atoms with Gasteiger partial charge in [0.05, 0.1) is 0 Å². The molecule has 0 aliphatic rings. The van der Waals surface area contributed by atoms with E-state index in [0.29, 0.717) is 0 Å². The Morgan fingerprint density at radius 2 is 1.62 bits per heavy atom. The molecule has 0 saturated heterocycles. The molecule has 2 nitrogen and oxygen atoms in total. The second-order valence-electron chi connectivity index (χ2n) is 5.17. The van der Waals surface area contributed by atoms with E-state index in [2.05, 4.69) is 104 Å². The number of benzene rings is 1. The smallest absolute Gasteiger partial charge is 0.176 e. The van der Waals surface area contributed by atoms with Gasteiger partial charge in [-0.05, 0) is 36.8 Å². The zero-order chi connectivity index (χ0) is 15.1. The van der Waals surface area contributed by atoms with Crippen molar-refractivity contribution in [3.8, 4) is 0 Å². The summed E-state index contributed by atoms with van der Waals surface area (Å²) in [6.07, 6.45) is 12.6. The second kappa shape index (κ2) is 7.44. The maximum Gasteiger partial charge on any atom is 0.176 e. The summed E-state index contributed by atoms with van der Waals surface area (Å²) >= 11 is 0. The fraction of sp³-hybridized carbons (Fsp3) is 0.211. The molecule has 0 spiro atoms. The zero-order valence-electron chi connectivity index (χ0n) is 13.0. The van der Waals surface area contributed by atoms with Gasteiger partial charge in [-0.15, -0.1) is 0 Å². The summed E-state index contributed by atoms with van der Waals surface area (Å²) < 4.78 is 2.17. The van der Waals surface area contributed by atoms with E-state index in [1.54, 1.807) is 0 Å². The fourth-order valence-electron chi connectivity index (χ4n) is 2.05. The number of aromatic nitrogens is 1. The minimum atomic E-state index is 0.996. The number of hydrogen-bond donors (Lipinski definition) is 0. The van der Waals surface area contributed by atoms with Crippen LogP contribution in [0.1, 0.15) is 18.1 Å². The summed E-state index contributed by atoms with van der Waals surface area (Å²) in [4.78, 5) is 2.10. The zero-order valence-corrected chi connectivity index (χ0v) is 13.0. The lowest BCUT2D eigenvalue weighted by Crippen LogP contribution is -2.31. The van der Waals surface area contributed by atoms with E-state index in [4.69, 9.17) is 0 Å². The molecule has 0 radical (unpaired) electrons. The number of allylic oxidation sites excluding steroid dienone is 2. The van der Waals surface area contributed by atoms with Crippen LogP contribution in [0, 0.1) is 0 Å². The highest BCUT2D eigenvalue weighted by molar-refractivity contribution is 5.59. The molecular formula is C19H23N2+. The van der Waals surface area contributed by atoms with Gasteiger partial charge < -0.3 is 4.90 Å². The molecule has 0 aliphatic carbocycles. The molecule has 0 N–H and O–H groups in total. The molecule has 0 saturated carbocycles. The first-order valence-corrected chi connectivity index (χ1v) is 7.30. The van der Waals surface area contributed by atoms with Crippen molar-refractivity contribution in [2.24, 2.45) is 0 Å². The summed E-state index contributed by atoms with van der Waals surface area (Å²) in [6.45, 7) is 3.14. The highest BCUT2D eigenvalue weighted by atomic mass is 15.1. The summed E-state index contributed by atoms with van der Waals surface area (Å²) in [5.41, 5.74) is 3.64. The molecule has 0 aliphatic heterocycles. The van der Waals surface area contributed by atoms with Crippen LogP contribution >= 0.6 is 0 Å². The third-order valence-corrected chi connectivity index (χ3v) is 3.34. The fourth-order valence-corrected chi connectivity index (χ4v) is 2.05. The highest BCUT2D eigenvalue weighted by Crippen LogP contribution is 2.13. The Morgan fingerprint density at radius 3 is 2.24 bits per heavy atom. The van der Waals surface area contributed by atoms with Crippen LogP contribution in [0.2, 0.25) is 0 Å². The van der Waals surface area contributed by atoms with Gasteiger partial charge in [-0.3, -0.25) is 0 Å². The number of aryl methyl sites for hydroxylation is 1. The van der Waals surface area contributed by atoms with Gasteiger partial charge in [0.2, 0.25) is 0 Å². The Kier molecular flexibility index (Phi) is 5.33. The second-order valence-corrected chi connectivity index (χ2v) is 5.17. The summed E-state index contributed by atoms with van der Waals surface area (Å²) in [7, 11) is 4.10. The average molecular weight is 279 g/mol. The van der Waals surface area contributed by atoms with Crippen LogP contribution in [0.5, 0.6) is 0 Å². The molecule has 1 aromatic carbocycles. The van der Waals surface area contributed by atoms with Crippen molar-refractivity contribution in [2.45, 2.75) is 13.5 Å². The molecule has 1 heterocycles. The summed E-state index contributed by atoms with van der Waals surface area (Å²) in [6, 6.07) is 12.7. The van der Waals surface area contributed by atoms with Crippen molar-refractivity contribution in [3.63, 3.8) is 0 Å². The Balaban J connectivity index is 1.99. The topological polar surface area (TPSA) is 7.12 Å². The van der Waals surface area contributed by atoms with Gasteiger partial charge in [0.25, 0.3) is 0 Å². The van der Waals surface area contributed by atoms with E-state index in [0.717, 1.165) is 6.54 Å². The van der Waals surface area contributed by atoms with Crippen molar-refractivity contribution >= 4 is 17.8 Å². The molecule has 2 rings (SSSR count). The summed E-state index contributed by atoms with van der Waals surface area (Å²) in [5, 5.41) is 0. The molecule has 21 heavy (non-hydrogen) atoms. The normalized spacial score (nSPS) is 11.4. The van der Waals surface area contributed by atoms with Crippen molar-refractivity contribution in [2.75, 3.05) is 19.0 Å². The highest BCUT2D eigenvalue weighted by Gasteiger charge is 1.95. The van der Waals surface area contributed by atoms with E-state index >= 15 is 0 Å². The van der Waals surface area contributed by atoms with Crippen LogP contribution < -0.4 is 9.47 Å². The predicted molar refractivity (Wildman–Crippen MR) is 91.1 cm³/mol. The average Bonchev–Trinajstić information content (AvgIpc) is 2.52. The lowest BCUT2D eigenvalue weighted by molar-refractivity contribution is -0.693. The Labute approximate surface area is 127 Å². The van der Waals surface area contributed by atoms with Gasteiger partial charge in [0.15, 0.2) is 12.4 Å².